The Balaban J connectivity index is 2.10. The zero-order chi connectivity index (χ0) is 13.6. The first-order valence-electron chi connectivity index (χ1n) is 5.57. The van der Waals surface area contributed by atoms with Gasteiger partial charge in [0.2, 0.25) is 6.23 Å². The number of H-pyrrole nitrogens is 1. The zero-order valence-electron chi connectivity index (χ0n) is 9.58. The van der Waals surface area contributed by atoms with Crippen molar-refractivity contribution in [2.45, 2.75) is 24.7 Å². The van der Waals surface area contributed by atoms with Crippen LogP contribution in [0.3, 0.4) is 0 Å². The molecule has 0 aromatic carbocycles. The van der Waals surface area contributed by atoms with Crippen LogP contribution in [0, 0.1) is 0 Å². The van der Waals surface area contributed by atoms with Crippen LogP contribution in [-0.4, -0.2) is 43.3 Å². The molecule has 0 radical (unpaired) electrons. The molecule has 3 rings (SSSR count). The standard InChI is InChI=1S/C10H10F2N4O3/c11-10(12)1-5(2-17)19-9(10)16-4-15-6-7(16)13-3-14-8(6)18/h3-5,9,17H,1-2H2,(H,13,14,18). The van der Waals surface area contributed by atoms with Crippen LogP contribution in [0.2, 0.25) is 0 Å². The van der Waals surface area contributed by atoms with E-state index in [0.717, 1.165) is 17.2 Å². The Labute approximate surface area is 104 Å². The maximum Gasteiger partial charge on any atom is 0.295 e. The number of alkyl halides is 2. The van der Waals surface area contributed by atoms with Crippen LogP contribution in [0.1, 0.15) is 12.6 Å². The molecule has 1 aliphatic rings. The van der Waals surface area contributed by atoms with Crippen molar-refractivity contribution in [3.05, 3.63) is 23.0 Å². The number of aliphatic hydroxyl groups is 1. The molecule has 0 aliphatic carbocycles. The number of nitrogens with one attached hydrogen (secondary N) is 1. The first kappa shape index (κ1) is 12.2. The lowest BCUT2D eigenvalue weighted by atomic mass is 10.2. The summed E-state index contributed by atoms with van der Waals surface area (Å²) in [4.78, 5) is 21.3. The number of fused-ring (bicyclic) bond motifs is 1. The highest BCUT2D eigenvalue weighted by atomic mass is 19.3. The topological polar surface area (TPSA) is 93.0 Å². The Morgan fingerprint density at radius 2 is 2.37 bits per heavy atom. The maximum atomic E-state index is 13.8. The van der Waals surface area contributed by atoms with Crippen LogP contribution in [0.5, 0.6) is 0 Å². The minimum Gasteiger partial charge on any atom is -0.394 e. The lowest BCUT2D eigenvalue weighted by molar-refractivity contribution is -0.116. The molecular weight excluding hydrogens is 262 g/mol. The Bertz CT molecular complexity index is 668. The molecule has 2 unspecified atom stereocenters. The van der Waals surface area contributed by atoms with Crippen LogP contribution < -0.4 is 5.56 Å². The average Bonchev–Trinajstić information content (AvgIpc) is 2.90. The summed E-state index contributed by atoms with van der Waals surface area (Å²) in [5, 5.41) is 8.92. The van der Waals surface area contributed by atoms with Crippen molar-refractivity contribution in [2.24, 2.45) is 0 Å². The molecule has 0 amide bonds. The van der Waals surface area contributed by atoms with Crippen molar-refractivity contribution in [3.8, 4) is 0 Å². The lowest BCUT2D eigenvalue weighted by Gasteiger charge is -2.19. The van der Waals surface area contributed by atoms with E-state index in [1.54, 1.807) is 0 Å². The zero-order valence-corrected chi connectivity index (χ0v) is 9.58. The first-order valence-corrected chi connectivity index (χ1v) is 5.57. The number of imidazole rings is 1. The van der Waals surface area contributed by atoms with E-state index in [1.165, 1.54) is 0 Å². The minimum atomic E-state index is -3.16. The fourth-order valence-corrected chi connectivity index (χ4v) is 2.15. The summed E-state index contributed by atoms with van der Waals surface area (Å²) in [6.45, 7) is -0.493. The molecule has 2 atom stereocenters. The summed E-state index contributed by atoms with van der Waals surface area (Å²) in [6, 6.07) is 0. The van der Waals surface area contributed by atoms with Gasteiger partial charge in [0.25, 0.3) is 11.5 Å². The van der Waals surface area contributed by atoms with Crippen molar-refractivity contribution in [3.63, 3.8) is 0 Å². The van der Waals surface area contributed by atoms with Crippen molar-refractivity contribution in [1.29, 1.82) is 0 Å². The molecule has 2 N–H and O–H groups in total. The van der Waals surface area contributed by atoms with E-state index in [1.807, 2.05) is 0 Å². The number of rotatable bonds is 2. The normalized spacial score (nSPS) is 26.1. The number of hydrogen-bond acceptors (Lipinski definition) is 5. The Kier molecular flexibility index (Phi) is 2.61. The van der Waals surface area contributed by atoms with Crippen LogP contribution in [0.25, 0.3) is 11.2 Å². The van der Waals surface area contributed by atoms with E-state index in [4.69, 9.17) is 9.84 Å². The van der Waals surface area contributed by atoms with E-state index in [-0.39, 0.29) is 11.2 Å². The fourth-order valence-electron chi connectivity index (χ4n) is 2.15. The average molecular weight is 272 g/mol. The second kappa shape index (κ2) is 4.07. The molecule has 102 valence electrons. The van der Waals surface area contributed by atoms with E-state index >= 15 is 0 Å². The third-order valence-electron chi connectivity index (χ3n) is 3.00. The van der Waals surface area contributed by atoms with Crippen molar-refractivity contribution >= 4 is 11.2 Å². The summed E-state index contributed by atoms with van der Waals surface area (Å²) < 4.78 is 33.8. The van der Waals surface area contributed by atoms with Gasteiger partial charge in [-0.2, -0.15) is 0 Å². The van der Waals surface area contributed by atoms with Gasteiger partial charge < -0.3 is 14.8 Å². The first-order chi connectivity index (χ1) is 9.03. The molecule has 9 heteroatoms. The van der Waals surface area contributed by atoms with Crippen LogP contribution >= 0.6 is 0 Å². The lowest BCUT2D eigenvalue weighted by Crippen LogP contribution is -2.26. The molecule has 1 saturated heterocycles. The quantitative estimate of drug-likeness (QED) is 0.804. The van der Waals surface area contributed by atoms with Gasteiger partial charge in [0.05, 0.1) is 25.4 Å². The van der Waals surface area contributed by atoms with E-state index in [9.17, 15) is 13.6 Å². The Morgan fingerprint density at radius 1 is 1.58 bits per heavy atom. The predicted octanol–water partition coefficient (Wildman–Crippen LogP) is 0.0347. The highest BCUT2D eigenvalue weighted by Crippen LogP contribution is 2.42. The monoisotopic (exact) mass is 272 g/mol. The summed E-state index contributed by atoms with van der Waals surface area (Å²) in [5.41, 5.74) is -0.523. The molecule has 19 heavy (non-hydrogen) atoms. The smallest absolute Gasteiger partial charge is 0.295 e. The molecule has 0 spiro atoms. The Morgan fingerprint density at radius 3 is 3.05 bits per heavy atom. The summed E-state index contributed by atoms with van der Waals surface area (Å²) in [5.74, 6) is -3.16. The van der Waals surface area contributed by atoms with Gasteiger partial charge in [-0.3, -0.25) is 9.36 Å². The van der Waals surface area contributed by atoms with E-state index in [2.05, 4.69) is 15.0 Å². The van der Waals surface area contributed by atoms with Gasteiger partial charge in [0.1, 0.15) is 0 Å². The predicted molar refractivity (Wildman–Crippen MR) is 58.7 cm³/mol. The van der Waals surface area contributed by atoms with Gasteiger partial charge in [-0.15, -0.1) is 0 Å². The van der Waals surface area contributed by atoms with Gasteiger partial charge >= 0.3 is 0 Å². The summed E-state index contributed by atoms with van der Waals surface area (Å²) in [7, 11) is 0. The molecule has 0 saturated carbocycles. The second-order valence-electron chi connectivity index (χ2n) is 4.31. The number of ether oxygens (including phenoxy) is 1. The number of aromatic amines is 1. The Hall–Kier alpha value is -1.87. The fraction of sp³-hybridized carbons (Fsp3) is 0.500. The van der Waals surface area contributed by atoms with Crippen LogP contribution in [-0.2, 0) is 4.74 Å². The third kappa shape index (κ3) is 1.81. The highest BCUT2D eigenvalue weighted by molar-refractivity contribution is 5.68. The largest absolute Gasteiger partial charge is 0.394 e. The van der Waals surface area contributed by atoms with Crippen molar-refractivity contribution < 1.29 is 18.6 Å². The number of halogens is 2. The van der Waals surface area contributed by atoms with Gasteiger partial charge in [0.15, 0.2) is 11.2 Å². The second-order valence-corrected chi connectivity index (χ2v) is 4.31. The number of hydrogen-bond donors (Lipinski definition) is 2. The van der Waals surface area contributed by atoms with Gasteiger partial charge in [-0.1, -0.05) is 0 Å². The molecule has 2 aromatic rings. The third-order valence-corrected chi connectivity index (χ3v) is 3.00. The molecule has 3 heterocycles. The van der Waals surface area contributed by atoms with Crippen molar-refractivity contribution in [1.82, 2.24) is 19.5 Å². The SMILES string of the molecule is O=c1[nH]cnc2c1ncn2C1OC(CO)CC1(F)F. The van der Waals surface area contributed by atoms with Gasteiger partial charge in [-0.25, -0.2) is 18.7 Å². The van der Waals surface area contributed by atoms with Crippen molar-refractivity contribution in [2.75, 3.05) is 6.61 Å². The molecule has 1 aliphatic heterocycles. The maximum absolute atomic E-state index is 13.8. The van der Waals surface area contributed by atoms with Gasteiger partial charge in [0, 0.05) is 6.42 Å². The van der Waals surface area contributed by atoms with E-state index in [0.29, 0.717) is 0 Å². The molecule has 2 aromatic heterocycles. The van der Waals surface area contributed by atoms with Crippen LogP contribution in [0.15, 0.2) is 17.4 Å². The molecular formula is C10H10F2N4O3. The molecule has 1 fully saturated rings. The summed E-state index contributed by atoms with van der Waals surface area (Å²) in [6.07, 6.45) is -0.953. The number of aliphatic hydroxyl groups excluding tert-OH is 1. The number of aromatic nitrogens is 4. The molecule has 0 bridgehead atoms. The van der Waals surface area contributed by atoms with Crippen LogP contribution in [0.4, 0.5) is 8.78 Å². The number of nitrogens with zero attached hydrogens (tertiary/aromatic N) is 3. The summed E-state index contributed by atoms with van der Waals surface area (Å²) >= 11 is 0. The molecule has 7 nitrogen and oxygen atoms in total. The minimum absolute atomic E-state index is 0.0204. The highest BCUT2D eigenvalue weighted by Gasteiger charge is 2.51. The van der Waals surface area contributed by atoms with E-state index < -0.39 is 36.8 Å². The van der Waals surface area contributed by atoms with Gasteiger partial charge in [-0.05, 0) is 0 Å².